The third-order valence-corrected chi connectivity index (χ3v) is 3.02. The van der Waals surface area contributed by atoms with Crippen LogP contribution in [0.25, 0.3) is 0 Å². The van der Waals surface area contributed by atoms with Gasteiger partial charge in [-0.25, -0.2) is 0 Å². The summed E-state index contributed by atoms with van der Waals surface area (Å²) in [5.41, 5.74) is -2.33. The van der Waals surface area contributed by atoms with Crippen LogP contribution < -0.4 is 10.1 Å². The van der Waals surface area contributed by atoms with Gasteiger partial charge in [0.25, 0.3) is 0 Å². The molecule has 0 radical (unpaired) electrons. The third-order valence-electron chi connectivity index (χ3n) is 2.40. The molecule has 0 amide bonds. The molecule has 0 aliphatic heterocycles. The van der Waals surface area contributed by atoms with E-state index in [0.29, 0.717) is 15.9 Å². The first-order chi connectivity index (χ1) is 8.17. The number of aliphatic hydroxyl groups is 1. The first kappa shape index (κ1) is 15.1. The van der Waals surface area contributed by atoms with Gasteiger partial charge >= 0.3 is 6.18 Å². The van der Waals surface area contributed by atoms with Gasteiger partial charge in [0.1, 0.15) is 5.75 Å². The molecule has 0 spiro atoms. The minimum atomic E-state index is -4.68. The highest BCUT2D eigenvalue weighted by atomic mass is 79.9. The number of rotatable bonds is 4. The van der Waals surface area contributed by atoms with E-state index in [1.165, 1.54) is 7.11 Å². The highest BCUT2D eigenvalue weighted by Crippen LogP contribution is 2.31. The summed E-state index contributed by atoms with van der Waals surface area (Å²) in [6.07, 6.45) is -4.68. The predicted octanol–water partition coefficient (Wildman–Crippen LogP) is 3.18. The molecule has 3 nitrogen and oxygen atoms in total. The van der Waals surface area contributed by atoms with Crippen LogP contribution in [0.3, 0.4) is 0 Å². The standard InChI is InChI=1S/C11H13BrF3NO2/c1-10(17,11(13,14)15)6-16-7-3-4-9(18-2)8(12)5-7/h3-5,16-17H,6H2,1-2H3. The lowest BCUT2D eigenvalue weighted by Crippen LogP contribution is -2.47. The van der Waals surface area contributed by atoms with Crippen LogP contribution in [0.5, 0.6) is 5.75 Å². The Hall–Kier alpha value is -0.950. The molecule has 0 saturated heterocycles. The van der Waals surface area contributed by atoms with Gasteiger partial charge in [-0.2, -0.15) is 13.2 Å². The van der Waals surface area contributed by atoms with Gasteiger partial charge in [0, 0.05) is 5.69 Å². The highest BCUT2D eigenvalue weighted by molar-refractivity contribution is 9.10. The first-order valence-corrected chi connectivity index (χ1v) is 5.83. The number of methoxy groups -OCH3 is 1. The Morgan fingerprint density at radius 1 is 1.39 bits per heavy atom. The van der Waals surface area contributed by atoms with Crippen LogP contribution in [0.15, 0.2) is 22.7 Å². The van der Waals surface area contributed by atoms with E-state index in [1.54, 1.807) is 18.2 Å². The maximum atomic E-state index is 12.4. The molecule has 1 unspecified atom stereocenters. The second kappa shape index (κ2) is 5.36. The van der Waals surface area contributed by atoms with E-state index in [4.69, 9.17) is 4.74 Å². The molecule has 7 heteroatoms. The molecular formula is C11H13BrF3NO2. The summed E-state index contributed by atoms with van der Waals surface area (Å²) in [6.45, 7) is 0.0911. The SMILES string of the molecule is COc1ccc(NCC(C)(O)C(F)(F)F)cc1Br. The van der Waals surface area contributed by atoms with Crippen molar-refractivity contribution in [2.24, 2.45) is 0 Å². The molecular weight excluding hydrogens is 315 g/mol. The average Bonchev–Trinajstić information content (AvgIpc) is 2.25. The third kappa shape index (κ3) is 3.52. The fourth-order valence-electron chi connectivity index (χ4n) is 1.15. The van der Waals surface area contributed by atoms with Gasteiger partial charge in [-0.3, -0.25) is 0 Å². The van der Waals surface area contributed by atoms with Crippen LogP contribution >= 0.6 is 15.9 Å². The largest absolute Gasteiger partial charge is 0.496 e. The van der Waals surface area contributed by atoms with Gasteiger partial charge in [0.05, 0.1) is 18.1 Å². The van der Waals surface area contributed by atoms with Gasteiger partial charge < -0.3 is 15.2 Å². The summed E-state index contributed by atoms with van der Waals surface area (Å²) in [6, 6.07) is 4.75. The van der Waals surface area contributed by atoms with Gasteiger partial charge in [-0.1, -0.05) is 0 Å². The van der Waals surface area contributed by atoms with Crippen molar-refractivity contribution in [3.05, 3.63) is 22.7 Å². The monoisotopic (exact) mass is 327 g/mol. The first-order valence-electron chi connectivity index (χ1n) is 5.04. The minimum absolute atomic E-state index is 0.451. The lowest BCUT2D eigenvalue weighted by atomic mass is 10.1. The Labute approximate surface area is 111 Å². The zero-order valence-corrected chi connectivity index (χ0v) is 11.4. The number of hydrogen-bond acceptors (Lipinski definition) is 3. The summed E-state index contributed by atoms with van der Waals surface area (Å²) in [4.78, 5) is 0. The molecule has 0 aliphatic carbocycles. The summed E-state index contributed by atoms with van der Waals surface area (Å²) in [5, 5.41) is 11.8. The number of nitrogens with one attached hydrogen (secondary N) is 1. The van der Waals surface area contributed by atoms with Gasteiger partial charge in [-0.05, 0) is 41.1 Å². The maximum absolute atomic E-state index is 12.4. The van der Waals surface area contributed by atoms with E-state index in [1.807, 2.05) is 0 Å². The lowest BCUT2D eigenvalue weighted by molar-refractivity contribution is -0.246. The minimum Gasteiger partial charge on any atom is -0.496 e. The van der Waals surface area contributed by atoms with Crippen molar-refractivity contribution in [2.45, 2.75) is 18.7 Å². The molecule has 0 fully saturated rings. The molecule has 0 heterocycles. The quantitative estimate of drug-likeness (QED) is 0.892. The van der Waals surface area contributed by atoms with Gasteiger partial charge in [0.2, 0.25) is 0 Å². The fourth-order valence-corrected chi connectivity index (χ4v) is 1.69. The Morgan fingerprint density at radius 2 is 2.00 bits per heavy atom. The molecule has 2 N–H and O–H groups in total. The van der Waals surface area contributed by atoms with Gasteiger partial charge in [0.15, 0.2) is 5.60 Å². The van der Waals surface area contributed by atoms with E-state index >= 15 is 0 Å². The molecule has 1 aromatic rings. The van der Waals surface area contributed by atoms with E-state index in [9.17, 15) is 18.3 Å². The second-order valence-corrected chi connectivity index (χ2v) is 4.83. The zero-order valence-electron chi connectivity index (χ0n) is 9.81. The Balaban J connectivity index is 2.73. The number of anilines is 1. The number of alkyl halides is 3. The Bertz CT molecular complexity index is 421. The molecule has 0 bridgehead atoms. The molecule has 0 saturated carbocycles. The predicted molar refractivity (Wildman–Crippen MR) is 65.9 cm³/mol. The Morgan fingerprint density at radius 3 is 2.44 bits per heavy atom. The maximum Gasteiger partial charge on any atom is 0.418 e. The van der Waals surface area contributed by atoms with E-state index < -0.39 is 18.3 Å². The number of hydrogen-bond donors (Lipinski definition) is 2. The average molecular weight is 328 g/mol. The van der Waals surface area contributed by atoms with E-state index in [0.717, 1.165) is 6.92 Å². The van der Waals surface area contributed by atoms with Crippen LogP contribution in [0.1, 0.15) is 6.92 Å². The van der Waals surface area contributed by atoms with Crippen LogP contribution in [0, 0.1) is 0 Å². The summed E-state index contributed by atoms with van der Waals surface area (Å²) < 4.78 is 42.9. The van der Waals surface area contributed by atoms with Crippen molar-refractivity contribution in [3.8, 4) is 5.75 Å². The van der Waals surface area contributed by atoms with Crippen molar-refractivity contribution in [2.75, 3.05) is 19.0 Å². The van der Waals surface area contributed by atoms with Crippen molar-refractivity contribution < 1.29 is 23.0 Å². The van der Waals surface area contributed by atoms with Crippen molar-refractivity contribution in [1.29, 1.82) is 0 Å². The highest BCUT2D eigenvalue weighted by Gasteiger charge is 2.49. The molecule has 18 heavy (non-hydrogen) atoms. The zero-order chi connectivity index (χ0) is 14.0. The molecule has 1 aromatic carbocycles. The molecule has 102 valence electrons. The molecule has 0 aliphatic rings. The topological polar surface area (TPSA) is 41.5 Å². The molecule has 1 atom stereocenters. The van der Waals surface area contributed by atoms with E-state index in [2.05, 4.69) is 21.2 Å². The van der Waals surface area contributed by atoms with E-state index in [-0.39, 0.29) is 0 Å². The Kier molecular flexibility index (Phi) is 4.50. The van der Waals surface area contributed by atoms with Crippen molar-refractivity contribution in [3.63, 3.8) is 0 Å². The summed E-state index contributed by atoms with van der Waals surface area (Å²) in [5.74, 6) is 0.572. The normalized spacial score (nSPS) is 15.1. The van der Waals surface area contributed by atoms with Crippen LogP contribution in [-0.2, 0) is 0 Å². The summed E-state index contributed by atoms with van der Waals surface area (Å²) >= 11 is 3.22. The van der Waals surface area contributed by atoms with Gasteiger partial charge in [-0.15, -0.1) is 0 Å². The number of ether oxygens (including phenoxy) is 1. The van der Waals surface area contributed by atoms with Crippen LogP contribution in [0.4, 0.5) is 18.9 Å². The van der Waals surface area contributed by atoms with Crippen LogP contribution in [-0.4, -0.2) is 30.5 Å². The van der Waals surface area contributed by atoms with Crippen molar-refractivity contribution in [1.82, 2.24) is 0 Å². The van der Waals surface area contributed by atoms with Crippen molar-refractivity contribution >= 4 is 21.6 Å². The molecule has 0 aromatic heterocycles. The smallest absolute Gasteiger partial charge is 0.418 e. The van der Waals surface area contributed by atoms with Crippen LogP contribution in [0.2, 0.25) is 0 Å². The second-order valence-electron chi connectivity index (χ2n) is 3.97. The molecule has 1 rings (SSSR count). The number of benzene rings is 1. The fraction of sp³-hybridized carbons (Fsp3) is 0.455. The number of halogens is 4. The summed E-state index contributed by atoms with van der Waals surface area (Å²) in [7, 11) is 1.49. The lowest BCUT2D eigenvalue weighted by Gasteiger charge is -2.26.